The lowest BCUT2D eigenvalue weighted by molar-refractivity contribution is -0.115. The van der Waals surface area contributed by atoms with E-state index in [4.69, 9.17) is 9.47 Å². The van der Waals surface area contributed by atoms with Crippen LogP contribution < -0.4 is 9.47 Å². The van der Waals surface area contributed by atoms with Gasteiger partial charge in [0.1, 0.15) is 11.5 Å². The summed E-state index contributed by atoms with van der Waals surface area (Å²) in [4.78, 5) is 15.6. The standard InChI is InChI=1S/C24H29NO4/c1-28-20-12-5-3-9-17(20)22-19-11-7-8-14-24(19,27)15-16-25(22)23(26)18-10-4-6-13-21(18)29-2/h3-6,9-10,12-13,19,22,27H,7-8,11,14-16H2,1-2H3/t19-,22-,24-/m0/s1. The van der Waals surface area contributed by atoms with Gasteiger partial charge in [-0.2, -0.15) is 0 Å². The summed E-state index contributed by atoms with van der Waals surface area (Å²) in [6, 6.07) is 15.0. The molecular formula is C24H29NO4. The van der Waals surface area contributed by atoms with E-state index in [2.05, 4.69) is 0 Å². The number of para-hydroxylation sites is 2. The smallest absolute Gasteiger partial charge is 0.258 e. The SMILES string of the molecule is COc1ccccc1C(=O)N1CC[C@@]2(O)CCCC[C@H]2[C@@H]1c1ccccc1OC. The average Bonchev–Trinajstić information content (AvgIpc) is 2.77. The highest BCUT2D eigenvalue weighted by Crippen LogP contribution is 2.51. The van der Waals surface area contributed by atoms with Crippen molar-refractivity contribution in [1.82, 2.24) is 4.90 Å². The zero-order valence-electron chi connectivity index (χ0n) is 17.1. The summed E-state index contributed by atoms with van der Waals surface area (Å²) < 4.78 is 11.1. The molecule has 1 saturated heterocycles. The van der Waals surface area contributed by atoms with Gasteiger partial charge in [0.15, 0.2) is 0 Å². The number of methoxy groups -OCH3 is 2. The first-order chi connectivity index (χ1) is 14.1. The van der Waals surface area contributed by atoms with Gasteiger partial charge in [-0.3, -0.25) is 4.79 Å². The second kappa shape index (κ2) is 8.07. The minimum atomic E-state index is -0.735. The van der Waals surface area contributed by atoms with E-state index in [9.17, 15) is 9.90 Å². The largest absolute Gasteiger partial charge is 0.496 e. The van der Waals surface area contributed by atoms with Crippen LogP contribution in [0.1, 0.15) is 54.1 Å². The molecule has 1 aliphatic heterocycles. The van der Waals surface area contributed by atoms with E-state index < -0.39 is 5.60 Å². The highest BCUT2D eigenvalue weighted by atomic mass is 16.5. The van der Waals surface area contributed by atoms with Gasteiger partial charge in [0.25, 0.3) is 5.91 Å². The normalized spacial score (nSPS) is 26.5. The number of hydrogen-bond acceptors (Lipinski definition) is 4. The van der Waals surface area contributed by atoms with Crippen molar-refractivity contribution in [3.63, 3.8) is 0 Å². The van der Waals surface area contributed by atoms with E-state index in [0.717, 1.165) is 37.0 Å². The van der Waals surface area contributed by atoms with Crippen LogP contribution in [0.3, 0.4) is 0 Å². The van der Waals surface area contributed by atoms with Crippen LogP contribution in [0.4, 0.5) is 0 Å². The zero-order chi connectivity index (χ0) is 20.4. The molecule has 1 saturated carbocycles. The third kappa shape index (κ3) is 3.48. The van der Waals surface area contributed by atoms with Gasteiger partial charge in [-0.1, -0.05) is 43.2 Å². The predicted octanol–water partition coefficient (Wildman–Crippen LogP) is 4.21. The Bertz CT molecular complexity index is 883. The molecule has 1 heterocycles. The van der Waals surface area contributed by atoms with Gasteiger partial charge in [0.05, 0.1) is 31.4 Å². The van der Waals surface area contributed by atoms with Crippen LogP contribution in [0.25, 0.3) is 0 Å². The van der Waals surface area contributed by atoms with Crippen molar-refractivity contribution in [3.05, 3.63) is 59.7 Å². The number of nitrogens with zero attached hydrogens (tertiary/aromatic N) is 1. The second-order valence-electron chi connectivity index (χ2n) is 8.09. The number of carbonyl (C=O) groups excluding carboxylic acids is 1. The number of fused-ring (bicyclic) bond motifs is 1. The third-order valence-electron chi connectivity index (χ3n) is 6.62. The monoisotopic (exact) mass is 395 g/mol. The molecule has 2 aliphatic rings. The van der Waals surface area contributed by atoms with Gasteiger partial charge in [0, 0.05) is 18.0 Å². The van der Waals surface area contributed by atoms with E-state index in [1.165, 1.54) is 0 Å². The lowest BCUT2D eigenvalue weighted by atomic mass is 9.66. The summed E-state index contributed by atoms with van der Waals surface area (Å²) in [5.41, 5.74) is 0.779. The molecule has 5 nitrogen and oxygen atoms in total. The molecule has 1 N–H and O–H groups in total. The summed E-state index contributed by atoms with van der Waals surface area (Å²) in [6.45, 7) is 0.507. The van der Waals surface area contributed by atoms with Crippen molar-refractivity contribution in [2.75, 3.05) is 20.8 Å². The number of likely N-dealkylation sites (tertiary alicyclic amines) is 1. The number of ether oxygens (including phenoxy) is 2. The van der Waals surface area contributed by atoms with E-state index in [1.807, 2.05) is 53.4 Å². The number of piperidine rings is 1. The second-order valence-corrected chi connectivity index (χ2v) is 8.09. The van der Waals surface area contributed by atoms with Gasteiger partial charge >= 0.3 is 0 Å². The Morgan fingerprint density at radius 1 is 1.00 bits per heavy atom. The van der Waals surface area contributed by atoms with Crippen molar-refractivity contribution in [1.29, 1.82) is 0 Å². The molecule has 4 rings (SSSR count). The quantitative estimate of drug-likeness (QED) is 0.842. The van der Waals surface area contributed by atoms with Crippen LogP contribution in [0.15, 0.2) is 48.5 Å². The summed E-state index contributed by atoms with van der Waals surface area (Å²) in [7, 11) is 3.24. The Hall–Kier alpha value is -2.53. The number of benzene rings is 2. The number of aliphatic hydroxyl groups is 1. The molecule has 2 aromatic carbocycles. The Labute approximate surface area is 172 Å². The first-order valence-corrected chi connectivity index (χ1v) is 10.4. The van der Waals surface area contributed by atoms with Crippen LogP contribution in [0.2, 0.25) is 0 Å². The fraction of sp³-hybridized carbons (Fsp3) is 0.458. The number of carbonyl (C=O) groups is 1. The third-order valence-corrected chi connectivity index (χ3v) is 6.62. The molecule has 1 aliphatic carbocycles. The van der Waals surface area contributed by atoms with Gasteiger partial charge < -0.3 is 19.5 Å². The van der Waals surface area contributed by atoms with Gasteiger partial charge in [-0.25, -0.2) is 0 Å². The van der Waals surface area contributed by atoms with Crippen LogP contribution in [-0.4, -0.2) is 42.3 Å². The van der Waals surface area contributed by atoms with Crippen LogP contribution in [0.5, 0.6) is 11.5 Å². The summed E-state index contributed by atoms with van der Waals surface area (Å²) >= 11 is 0. The van der Waals surface area contributed by atoms with Crippen LogP contribution >= 0.6 is 0 Å². The first kappa shape index (κ1) is 19.8. The fourth-order valence-electron chi connectivity index (χ4n) is 5.18. The molecule has 0 unspecified atom stereocenters. The lowest BCUT2D eigenvalue weighted by Crippen LogP contribution is -2.56. The minimum absolute atomic E-state index is 0.0139. The number of hydrogen-bond donors (Lipinski definition) is 1. The Balaban J connectivity index is 1.80. The van der Waals surface area contributed by atoms with Crippen molar-refractivity contribution in [2.24, 2.45) is 5.92 Å². The first-order valence-electron chi connectivity index (χ1n) is 10.4. The Morgan fingerprint density at radius 3 is 2.45 bits per heavy atom. The number of amides is 1. The van der Waals surface area contributed by atoms with Crippen molar-refractivity contribution < 1.29 is 19.4 Å². The summed E-state index contributed by atoms with van der Waals surface area (Å²) in [5, 5.41) is 11.5. The summed E-state index contributed by atoms with van der Waals surface area (Å²) in [6.07, 6.45) is 4.39. The number of rotatable bonds is 4. The maximum Gasteiger partial charge on any atom is 0.258 e. The fourth-order valence-corrected chi connectivity index (χ4v) is 5.18. The van der Waals surface area contributed by atoms with E-state index >= 15 is 0 Å². The molecule has 0 bridgehead atoms. The maximum absolute atomic E-state index is 13.7. The van der Waals surface area contributed by atoms with Crippen LogP contribution in [-0.2, 0) is 0 Å². The molecule has 29 heavy (non-hydrogen) atoms. The molecule has 2 aromatic rings. The average molecular weight is 395 g/mol. The maximum atomic E-state index is 13.7. The van der Waals surface area contributed by atoms with Gasteiger partial charge in [0.2, 0.25) is 0 Å². The molecule has 0 radical (unpaired) electrons. The summed E-state index contributed by atoms with van der Waals surface area (Å²) in [5.74, 6) is 1.25. The topological polar surface area (TPSA) is 59.0 Å². The predicted molar refractivity (Wildman–Crippen MR) is 111 cm³/mol. The lowest BCUT2D eigenvalue weighted by Gasteiger charge is -2.52. The Morgan fingerprint density at radius 2 is 1.69 bits per heavy atom. The molecular weight excluding hydrogens is 366 g/mol. The molecule has 3 atom stereocenters. The van der Waals surface area contributed by atoms with E-state index in [1.54, 1.807) is 14.2 Å². The van der Waals surface area contributed by atoms with Gasteiger partial charge in [-0.05, 0) is 37.5 Å². The van der Waals surface area contributed by atoms with E-state index in [-0.39, 0.29) is 17.9 Å². The van der Waals surface area contributed by atoms with E-state index in [0.29, 0.717) is 24.3 Å². The molecule has 2 fully saturated rings. The van der Waals surface area contributed by atoms with Crippen molar-refractivity contribution in [3.8, 4) is 11.5 Å². The molecule has 0 spiro atoms. The molecule has 5 heteroatoms. The van der Waals surface area contributed by atoms with Crippen molar-refractivity contribution >= 4 is 5.91 Å². The highest BCUT2D eigenvalue weighted by molar-refractivity contribution is 5.97. The molecule has 1 amide bonds. The van der Waals surface area contributed by atoms with Gasteiger partial charge in [-0.15, -0.1) is 0 Å². The molecule has 0 aromatic heterocycles. The minimum Gasteiger partial charge on any atom is -0.496 e. The Kier molecular flexibility index (Phi) is 5.50. The van der Waals surface area contributed by atoms with Crippen molar-refractivity contribution in [2.45, 2.75) is 43.7 Å². The van der Waals surface area contributed by atoms with Crippen LogP contribution in [0, 0.1) is 5.92 Å². The zero-order valence-corrected chi connectivity index (χ0v) is 17.1. The molecule has 154 valence electrons. The highest BCUT2D eigenvalue weighted by Gasteiger charge is 2.51.